The maximum Gasteiger partial charge on any atom is 0.238 e. The van der Waals surface area contributed by atoms with Gasteiger partial charge in [0, 0.05) is 12.2 Å². The zero-order chi connectivity index (χ0) is 13.8. The van der Waals surface area contributed by atoms with Crippen molar-refractivity contribution in [1.29, 1.82) is 0 Å². The highest BCUT2D eigenvalue weighted by Crippen LogP contribution is 2.13. The maximum atomic E-state index is 11.8. The molecule has 1 rings (SSSR count). The van der Waals surface area contributed by atoms with Crippen molar-refractivity contribution in [3.8, 4) is 0 Å². The molecule has 0 fully saturated rings. The number of hydrogen-bond acceptors (Lipinski definition) is 3. The lowest BCUT2D eigenvalue weighted by Gasteiger charge is -2.24. The Morgan fingerprint density at radius 3 is 2.56 bits per heavy atom. The van der Waals surface area contributed by atoms with Gasteiger partial charge in [0.15, 0.2) is 0 Å². The highest BCUT2D eigenvalue weighted by molar-refractivity contribution is 5.92. The van der Waals surface area contributed by atoms with Gasteiger partial charge in [0.05, 0.1) is 12.1 Å². The molecule has 4 heteroatoms. The SMILES string of the molecule is Cc1ccccc1NC(=O)CN(C)CC(C)(C)O. The number of para-hydroxylation sites is 1. The number of hydrogen-bond donors (Lipinski definition) is 2. The Labute approximate surface area is 109 Å². The van der Waals surface area contributed by atoms with E-state index in [0.717, 1.165) is 11.3 Å². The molecule has 0 aliphatic rings. The van der Waals surface area contributed by atoms with Crippen molar-refractivity contribution in [2.24, 2.45) is 0 Å². The molecule has 1 aromatic carbocycles. The summed E-state index contributed by atoms with van der Waals surface area (Å²) in [5, 5.41) is 12.5. The fraction of sp³-hybridized carbons (Fsp3) is 0.500. The van der Waals surface area contributed by atoms with E-state index in [0.29, 0.717) is 6.54 Å². The molecule has 0 saturated heterocycles. The molecule has 0 radical (unpaired) electrons. The van der Waals surface area contributed by atoms with Gasteiger partial charge in [-0.1, -0.05) is 18.2 Å². The van der Waals surface area contributed by atoms with E-state index >= 15 is 0 Å². The quantitative estimate of drug-likeness (QED) is 0.835. The van der Waals surface area contributed by atoms with E-state index in [9.17, 15) is 9.90 Å². The number of anilines is 1. The number of likely N-dealkylation sites (N-methyl/N-ethyl adjacent to an activating group) is 1. The molecule has 4 nitrogen and oxygen atoms in total. The van der Waals surface area contributed by atoms with Crippen LogP contribution >= 0.6 is 0 Å². The Bertz CT molecular complexity index is 411. The second-order valence-electron chi connectivity index (χ2n) is 5.35. The third kappa shape index (κ3) is 5.29. The molecule has 0 aliphatic heterocycles. The van der Waals surface area contributed by atoms with Crippen LogP contribution in [0.4, 0.5) is 5.69 Å². The van der Waals surface area contributed by atoms with Gasteiger partial charge >= 0.3 is 0 Å². The number of benzene rings is 1. The first-order chi connectivity index (χ1) is 8.28. The lowest BCUT2D eigenvalue weighted by Crippen LogP contribution is -2.40. The number of aryl methyl sites for hydroxylation is 1. The van der Waals surface area contributed by atoms with Gasteiger partial charge < -0.3 is 10.4 Å². The van der Waals surface area contributed by atoms with E-state index < -0.39 is 5.60 Å². The van der Waals surface area contributed by atoms with Crippen molar-refractivity contribution < 1.29 is 9.90 Å². The molecule has 1 aromatic rings. The minimum absolute atomic E-state index is 0.0731. The zero-order valence-corrected chi connectivity index (χ0v) is 11.5. The smallest absolute Gasteiger partial charge is 0.238 e. The van der Waals surface area contributed by atoms with Crippen LogP contribution in [0.2, 0.25) is 0 Å². The Balaban J connectivity index is 2.50. The topological polar surface area (TPSA) is 52.6 Å². The number of carbonyl (C=O) groups is 1. The van der Waals surface area contributed by atoms with Gasteiger partial charge in [0.2, 0.25) is 5.91 Å². The molecule has 0 aliphatic carbocycles. The third-order valence-corrected chi connectivity index (χ3v) is 2.49. The summed E-state index contributed by atoms with van der Waals surface area (Å²) >= 11 is 0. The number of carbonyl (C=O) groups excluding carboxylic acids is 1. The molecule has 0 bridgehead atoms. The van der Waals surface area contributed by atoms with Gasteiger partial charge in [-0.25, -0.2) is 0 Å². The number of nitrogens with one attached hydrogen (secondary N) is 1. The van der Waals surface area contributed by atoms with Gasteiger partial charge in [-0.3, -0.25) is 9.69 Å². The van der Waals surface area contributed by atoms with Crippen LogP contribution in [0.15, 0.2) is 24.3 Å². The van der Waals surface area contributed by atoms with E-state index in [4.69, 9.17) is 0 Å². The van der Waals surface area contributed by atoms with Crippen molar-refractivity contribution in [1.82, 2.24) is 4.90 Å². The Morgan fingerprint density at radius 2 is 2.00 bits per heavy atom. The van der Waals surface area contributed by atoms with Gasteiger partial charge in [0.25, 0.3) is 0 Å². The zero-order valence-electron chi connectivity index (χ0n) is 11.5. The summed E-state index contributed by atoms with van der Waals surface area (Å²) < 4.78 is 0. The standard InChI is InChI=1S/C14H22N2O2/c1-11-7-5-6-8-12(11)15-13(17)9-16(4)10-14(2,3)18/h5-8,18H,9-10H2,1-4H3,(H,15,17). The molecule has 1 amide bonds. The predicted octanol–water partition coefficient (Wildman–Crippen LogP) is 1.64. The van der Waals surface area contributed by atoms with Crippen LogP contribution in [0.25, 0.3) is 0 Å². The van der Waals surface area contributed by atoms with Crippen LogP contribution < -0.4 is 5.32 Å². The molecule has 0 heterocycles. The number of rotatable bonds is 5. The van der Waals surface area contributed by atoms with Crippen molar-refractivity contribution in [2.45, 2.75) is 26.4 Å². The average molecular weight is 250 g/mol. The van der Waals surface area contributed by atoms with Crippen LogP contribution in [0.1, 0.15) is 19.4 Å². The van der Waals surface area contributed by atoms with Crippen molar-refractivity contribution in [3.05, 3.63) is 29.8 Å². The first kappa shape index (κ1) is 14.7. The van der Waals surface area contributed by atoms with E-state index in [1.54, 1.807) is 18.7 Å². The lowest BCUT2D eigenvalue weighted by molar-refractivity contribution is -0.117. The maximum absolute atomic E-state index is 11.8. The number of aliphatic hydroxyl groups is 1. The van der Waals surface area contributed by atoms with Gasteiger partial charge in [-0.15, -0.1) is 0 Å². The van der Waals surface area contributed by atoms with Crippen molar-refractivity contribution in [3.63, 3.8) is 0 Å². The molecule has 0 spiro atoms. The first-order valence-electron chi connectivity index (χ1n) is 6.04. The minimum atomic E-state index is -0.794. The molecule has 18 heavy (non-hydrogen) atoms. The Kier molecular flexibility index (Phi) is 4.87. The summed E-state index contributed by atoms with van der Waals surface area (Å²) in [6.45, 7) is 6.12. The van der Waals surface area contributed by atoms with Crippen LogP contribution in [-0.4, -0.2) is 41.7 Å². The Hall–Kier alpha value is -1.39. The number of amides is 1. The van der Waals surface area contributed by atoms with E-state index in [1.807, 2.05) is 38.2 Å². The summed E-state index contributed by atoms with van der Waals surface area (Å²) in [7, 11) is 1.81. The largest absolute Gasteiger partial charge is 0.389 e. The fourth-order valence-electron chi connectivity index (χ4n) is 1.86. The second kappa shape index (κ2) is 5.98. The summed E-state index contributed by atoms with van der Waals surface area (Å²) in [6, 6.07) is 7.66. The fourth-order valence-corrected chi connectivity index (χ4v) is 1.86. The molecule has 0 atom stereocenters. The lowest BCUT2D eigenvalue weighted by atomic mass is 10.1. The number of nitrogens with zero attached hydrogens (tertiary/aromatic N) is 1. The van der Waals surface area contributed by atoms with E-state index in [1.165, 1.54) is 0 Å². The summed E-state index contributed by atoms with van der Waals surface area (Å²) in [6.07, 6.45) is 0. The van der Waals surface area contributed by atoms with Gasteiger partial charge in [0.1, 0.15) is 0 Å². The average Bonchev–Trinajstić information content (AvgIpc) is 2.18. The first-order valence-corrected chi connectivity index (χ1v) is 6.04. The second-order valence-corrected chi connectivity index (χ2v) is 5.35. The van der Waals surface area contributed by atoms with Gasteiger partial charge in [-0.2, -0.15) is 0 Å². The summed E-state index contributed by atoms with van der Waals surface area (Å²) in [5.41, 5.74) is 1.08. The normalized spacial score (nSPS) is 11.7. The van der Waals surface area contributed by atoms with Crippen LogP contribution in [-0.2, 0) is 4.79 Å². The molecular weight excluding hydrogens is 228 g/mol. The van der Waals surface area contributed by atoms with Gasteiger partial charge in [-0.05, 0) is 39.4 Å². The predicted molar refractivity (Wildman–Crippen MR) is 73.6 cm³/mol. The third-order valence-electron chi connectivity index (χ3n) is 2.49. The molecule has 0 aromatic heterocycles. The molecule has 2 N–H and O–H groups in total. The highest BCUT2D eigenvalue weighted by atomic mass is 16.3. The minimum Gasteiger partial charge on any atom is -0.389 e. The Morgan fingerprint density at radius 1 is 1.39 bits per heavy atom. The summed E-state index contributed by atoms with van der Waals surface area (Å²) in [4.78, 5) is 13.6. The van der Waals surface area contributed by atoms with Crippen molar-refractivity contribution >= 4 is 11.6 Å². The van der Waals surface area contributed by atoms with Crippen molar-refractivity contribution in [2.75, 3.05) is 25.5 Å². The molecule has 100 valence electrons. The monoisotopic (exact) mass is 250 g/mol. The highest BCUT2D eigenvalue weighted by Gasteiger charge is 2.17. The summed E-state index contributed by atoms with van der Waals surface area (Å²) in [5.74, 6) is -0.0731. The van der Waals surface area contributed by atoms with Crippen LogP contribution in [0, 0.1) is 6.92 Å². The van der Waals surface area contributed by atoms with E-state index in [-0.39, 0.29) is 12.5 Å². The molecule has 0 saturated carbocycles. The van der Waals surface area contributed by atoms with Crippen LogP contribution in [0.5, 0.6) is 0 Å². The molecule has 0 unspecified atom stereocenters. The molecular formula is C14H22N2O2. The van der Waals surface area contributed by atoms with Crippen LogP contribution in [0.3, 0.4) is 0 Å². The van der Waals surface area contributed by atoms with E-state index in [2.05, 4.69) is 5.32 Å².